The van der Waals surface area contributed by atoms with Crippen molar-refractivity contribution in [1.29, 1.82) is 0 Å². The zero-order valence-corrected chi connectivity index (χ0v) is 15.1. The Morgan fingerprint density at radius 3 is 2.62 bits per heavy atom. The molecule has 26 heavy (non-hydrogen) atoms. The zero-order chi connectivity index (χ0) is 18.7. The number of hydrogen-bond donors (Lipinski definition) is 1. The van der Waals surface area contributed by atoms with Crippen molar-refractivity contribution >= 4 is 23.5 Å². The lowest BCUT2D eigenvalue weighted by molar-refractivity contribution is -0.143. The molecule has 0 aliphatic carbocycles. The van der Waals surface area contributed by atoms with Crippen molar-refractivity contribution in [3.8, 4) is 0 Å². The first-order valence-corrected chi connectivity index (χ1v) is 8.80. The summed E-state index contributed by atoms with van der Waals surface area (Å²) in [5.74, 6) is -0.982. The molecule has 2 unspecified atom stereocenters. The van der Waals surface area contributed by atoms with Crippen LogP contribution in [-0.2, 0) is 16.0 Å². The summed E-state index contributed by atoms with van der Waals surface area (Å²) in [6.07, 6.45) is 0.0233. The second kappa shape index (κ2) is 7.89. The number of carbonyl (C=O) groups excluding carboxylic acids is 1. The maximum absolute atomic E-state index is 12.8. The van der Waals surface area contributed by atoms with Crippen molar-refractivity contribution in [1.82, 2.24) is 4.90 Å². The second-order valence-electron chi connectivity index (χ2n) is 6.45. The van der Waals surface area contributed by atoms with Gasteiger partial charge < -0.3 is 14.7 Å². The van der Waals surface area contributed by atoms with E-state index in [0.717, 1.165) is 11.1 Å². The summed E-state index contributed by atoms with van der Waals surface area (Å²) in [7, 11) is 0. The first-order valence-electron chi connectivity index (χ1n) is 8.43. The lowest BCUT2D eigenvalue weighted by atomic mass is 10.0. The van der Waals surface area contributed by atoms with Crippen molar-refractivity contribution in [2.24, 2.45) is 0 Å². The van der Waals surface area contributed by atoms with Crippen molar-refractivity contribution in [3.63, 3.8) is 0 Å². The fourth-order valence-electron chi connectivity index (χ4n) is 3.05. The summed E-state index contributed by atoms with van der Waals surface area (Å²) in [4.78, 5) is 25.5. The van der Waals surface area contributed by atoms with E-state index in [1.165, 1.54) is 12.1 Å². The quantitative estimate of drug-likeness (QED) is 0.889. The van der Waals surface area contributed by atoms with Crippen molar-refractivity contribution < 1.29 is 19.4 Å². The minimum Gasteiger partial charge on any atom is -0.478 e. The number of hydrogen-bond acceptors (Lipinski definition) is 3. The highest BCUT2D eigenvalue weighted by molar-refractivity contribution is 6.30. The number of carboxylic acids is 1. The number of carbonyl (C=O) groups is 2. The summed E-state index contributed by atoms with van der Waals surface area (Å²) >= 11 is 6.06. The van der Waals surface area contributed by atoms with Crippen LogP contribution in [0.2, 0.25) is 5.02 Å². The van der Waals surface area contributed by atoms with Gasteiger partial charge in [0.05, 0.1) is 31.2 Å². The third-order valence-corrected chi connectivity index (χ3v) is 4.77. The van der Waals surface area contributed by atoms with Crippen LogP contribution >= 0.6 is 11.6 Å². The van der Waals surface area contributed by atoms with Crippen LogP contribution in [0.15, 0.2) is 48.5 Å². The number of morpholine rings is 1. The Labute approximate surface area is 157 Å². The normalized spacial score (nSPS) is 20.0. The van der Waals surface area contributed by atoms with Gasteiger partial charge >= 0.3 is 5.97 Å². The van der Waals surface area contributed by atoms with Gasteiger partial charge in [0.1, 0.15) is 6.10 Å². The molecule has 136 valence electrons. The summed E-state index contributed by atoms with van der Waals surface area (Å²) in [5, 5.41) is 9.59. The predicted molar refractivity (Wildman–Crippen MR) is 98.4 cm³/mol. The average molecular weight is 374 g/mol. The van der Waals surface area contributed by atoms with Gasteiger partial charge in [-0.25, -0.2) is 4.79 Å². The van der Waals surface area contributed by atoms with E-state index in [4.69, 9.17) is 21.4 Å². The molecule has 2 atom stereocenters. The molecule has 1 aliphatic rings. The van der Waals surface area contributed by atoms with Crippen LogP contribution in [0.5, 0.6) is 0 Å². The molecule has 1 fully saturated rings. The van der Waals surface area contributed by atoms with Gasteiger partial charge in [-0.1, -0.05) is 35.9 Å². The number of carboxylic acid groups (broad SMARTS) is 1. The molecule has 1 N–H and O–H groups in total. The number of nitrogens with zero attached hydrogens (tertiary/aromatic N) is 1. The highest BCUT2D eigenvalue weighted by Gasteiger charge is 2.30. The van der Waals surface area contributed by atoms with Crippen LogP contribution in [0.25, 0.3) is 0 Å². The van der Waals surface area contributed by atoms with Gasteiger partial charge in [-0.2, -0.15) is 0 Å². The minimum absolute atomic E-state index is 0.00379. The van der Waals surface area contributed by atoms with E-state index in [0.29, 0.717) is 18.2 Å². The number of halogens is 1. The molecule has 0 aromatic heterocycles. The number of ether oxygens (including phenoxy) is 1. The fraction of sp³-hybridized carbons (Fsp3) is 0.300. The topological polar surface area (TPSA) is 66.8 Å². The maximum Gasteiger partial charge on any atom is 0.335 e. The average Bonchev–Trinajstić information content (AvgIpc) is 2.62. The Bertz CT molecular complexity index is 806. The second-order valence-corrected chi connectivity index (χ2v) is 6.89. The van der Waals surface area contributed by atoms with Crippen LogP contribution < -0.4 is 0 Å². The van der Waals surface area contributed by atoms with Crippen LogP contribution in [-0.4, -0.2) is 41.1 Å². The van der Waals surface area contributed by atoms with Gasteiger partial charge in [0.25, 0.3) is 0 Å². The van der Waals surface area contributed by atoms with Crippen molar-refractivity contribution in [2.75, 3.05) is 13.2 Å². The smallest absolute Gasteiger partial charge is 0.335 e. The van der Waals surface area contributed by atoms with Crippen molar-refractivity contribution in [2.45, 2.75) is 25.5 Å². The van der Waals surface area contributed by atoms with Gasteiger partial charge in [0.15, 0.2) is 0 Å². The lowest BCUT2D eigenvalue weighted by Crippen LogP contribution is -2.48. The molecule has 1 saturated heterocycles. The lowest BCUT2D eigenvalue weighted by Gasteiger charge is -2.38. The van der Waals surface area contributed by atoms with E-state index < -0.39 is 5.97 Å². The van der Waals surface area contributed by atoms with E-state index in [1.54, 1.807) is 18.2 Å². The standard InChI is InChI=1S/C20H20ClNO4/c1-13-12-26-18(16-3-2-4-17(21)10-16)11-22(13)19(23)9-14-5-7-15(8-6-14)20(24)25/h2-8,10,13,18H,9,11-12H2,1H3,(H,24,25). The number of aromatic carboxylic acids is 1. The van der Waals surface area contributed by atoms with Gasteiger partial charge in [0, 0.05) is 5.02 Å². The number of amides is 1. The molecule has 1 aliphatic heterocycles. The third-order valence-electron chi connectivity index (χ3n) is 4.53. The van der Waals surface area contributed by atoms with Gasteiger partial charge in [0.2, 0.25) is 5.91 Å². The van der Waals surface area contributed by atoms with Gasteiger partial charge in [-0.05, 0) is 42.3 Å². The molecular weight excluding hydrogens is 354 g/mol. The Morgan fingerprint density at radius 2 is 1.96 bits per heavy atom. The summed E-state index contributed by atoms with van der Waals surface area (Å²) in [6.45, 7) is 2.88. The Kier molecular flexibility index (Phi) is 5.59. The molecule has 0 spiro atoms. The molecule has 1 heterocycles. The maximum atomic E-state index is 12.8. The highest BCUT2D eigenvalue weighted by Crippen LogP contribution is 2.27. The highest BCUT2D eigenvalue weighted by atomic mass is 35.5. The zero-order valence-electron chi connectivity index (χ0n) is 14.4. The number of benzene rings is 2. The van der Waals surface area contributed by atoms with Gasteiger partial charge in [-0.3, -0.25) is 4.79 Å². The van der Waals surface area contributed by atoms with Crippen molar-refractivity contribution in [3.05, 3.63) is 70.2 Å². The Hall–Kier alpha value is -2.37. The molecule has 1 amide bonds. The van der Waals surface area contributed by atoms with E-state index in [1.807, 2.05) is 30.0 Å². The molecule has 2 aromatic carbocycles. The third kappa shape index (κ3) is 4.23. The SMILES string of the molecule is CC1COC(c2cccc(Cl)c2)CN1C(=O)Cc1ccc(C(=O)O)cc1. The van der Waals surface area contributed by atoms with Crippen LogP contribution in [0.4, 0.5) is 0 Å². The monoisotopic (exact) mass is 373 g/mol. The minimum atomic E-state index is -0.978. The molecule has 6 heteroatoms. The summed E-state index contributed by atoms with van der Waals surface area (Å²) < 4.78 is 5.89. The Morgan fingerprint density at radius 1 is 1.23 bits per heavy atom. The fourth-order valence-corrected chi connectivity index (χ4v) is 3.25. The van der Waals surface area contributed by atoms with E-state index in [9.17, 15) is 9.59 Å². The molecule has 0 bridgehead atoms. The van der Waals surface area contributed by atoms with E-state index in [-0.39, 0.29) is 30.0 Å². The Balaban J connectivity index is 1.69. The van der Waals surface area contributed by atoms with E-state index >= 15 is 0 Å². The molecule has 0 radical (unpaired) electrons. The largest absolute Gasteiger partial charge is 0.478 e. The molecule has 5 nitrogen and oxygen atoms in total. The van der Waals surface area contributed by atoms with Crippen LogP contribution in [0.3, 0.4) is 0 Å². The van der Waals surface area contributed by atoms with Crippen LogP contribution in [0.1, 0.15) is 34.5 Å². The van der Waals surface area contributed by atoms with E-state index in [2.05, 4.69) is 0 Å². The molecular formula is C20H20ClNO4. The number of rotatable bonds is 4. The predicted octanol–water partition coefficient (Wildman–Crippen LogP) is 3.57. The summed E-state index contributed by atoms with van der Waals surface area (Å²) in [6, 6.07) is 13.9. The van der Waals surface area contributed by atoms with Crippen LogP contribution in [0, 0.1) is 0 Å². The molecule has 2 aromatic rings. The first kappa shape index (κ1) is 18.4. The molecule has 3 rings (SSSR count). The first-order chi connectivity index (χ1) is 12.4. The molecule has 0 saturated carbocycles. The summed E-state index contributed by atoms with van der Waals surface area (Å²) in [5.41, 5.74) is 1.95. The van der Waals surface area contributed by atoms with Gasteiger partial charge in [-0.15, -0.1) is 0 Å².